The van der Waals surface area contributed by atoms with E-state index in [1.807, 2.05) is 6.92 Å². The van der Waals surface area contributed by atoms with Crippen molar-refractivity contribution in [2.45, 2.75) is 236 Å². The molecule has 450 valence electrons. The molecule has 4 saturated heterocycles. The molecule has 8 fully saturated rings. The number of hydrogen-bond donors (Lipinski definition) is 13. The molecule has 13 N–H and O–H groups in total. The maximum Gasteiger partial charge on any atom is 0.317 e. The quantitative estimate of drug-likeness (QED) is 0.0596. The van der Waals surface area contributed by atoms with Gasteiger partial charge in [0.25, 0.3) is 0 Å². The van der Waals surface area contributed by atoms with Crippen molar-refractivity contribution < 1.29 is 123 Å². The summed E-state index contributed by atoms with van der Waals surface area (Å²) in [7, 11) is 0. The highest BCUT2D eigenvalue weighted by Gasteiger charge is 2.74. The Kier molecular flexibility index (Phi) is 16.8. The average Bonchev–Trinajstić information content (AvgIpc) is 2.84. The van der Waals surface area contributed by atoms with Crippen molar-refractivity contribution in [1.82, 2.24) is 0 Å². The summed E-state index contributed by atoms with van der Waals surface area (Å²) in [6.07, 6.45) is -29.6. The van der Waals surface area contributed by atoms with Crippen LogP contribution in [0.2, 0.25) is 0 Å². The fraction of sp³-hybridized carbons (Fsp3) is 0.907. The maximum absolute atomic E-state index is 15.4. The Morgan fingerprint density at radius 2 is 1.25 bits per heavy atom. The Balaban J connectivity index is 0.992. The fourth-order valence-electron chi connectivity index (χ4n) is 16.4. The minimum Gasteiger partial charge on any atom is -0.481 e. The molecule has 29 unspecified atom stereocenters. The largest absolute Gasteiger partial charge is 0.481 e. The first kappa shape index (κ1) is 61.0. The number of ether oxygens (including phenoxy) is 9. The summed E-state index contributed by atoms with van der Waals surface area (Å²) in [5.74, 6) is -4.50. The number of hydrogen-bond acceptors (Lipinski definition) is 24. The van der Waals surface area contributed by atoms with Crippen LogP contribution in [-0.4, -0.2) is 233 Å². The summed E-state index contributed by atoms with van der Waals surface area (Å²) in [5, 5.41) is 143. The van der Waals surface area contributed by atoms with Gasteiger partial charge in [-0.2, -0.15) is 0 Å². The molecule has 4 aliphatic heterocycles. The summed E-state index contributed by atoms with van der Waals surface area (Å²) in [6, 6.07) is 0. The third kappa shape index (κ3) is 9.82. The van der Waals surface area contributed by atoms with E-state index in [-0.39, 0.29) is 30.6 Å². The summed E-state index contributed by atoms with van der Waals surface area (Å²) in [6.45, 7) is 12.7. The van der Waals surface area contributed by atoms with Crippen LogP contribution >= 0.6 is 0 Å². The van der Waals surface area contributed by atoms with Crippen LogP contribution in [0.1, 0.15) is 107 Å². The van der Waals surface area contributed by atoms with Gasteiger partial charge in [0.05, 0.1) is 43.5 Å². The van der Waals surface area contributed by atoms with E-state index in [9.17, 15) is 76.0 Å². The molecule has 0 bridgehead atoms. The van der Waals surface area contributed by atoms with Gasteiger partial charge in [0, 0.05) is 6.92 Å². The molecule has 25 heteroatoms. The van der Waals surface area contributed by atoms with Gasteiger partial charge in [0.2, 0.25) is 6.29 Å². The van der Waals surface area contributed by atoms with Crippen LogP contribution in [0.3, 0.4) is 0 Å². The summed E-state index contributed by atoms with van der Waals surface area (Å²) >= 11 is 0. The van der Waals surface area contributed by atoms with Crippen LogP contribution in [0.5, 0.6) is 0 Å². The highest BCUT2D eigenvalue weighted by atomic mass is 16.8. The number of aliphatic hydroxyl groups is 12. The number of carbonyl (C=O) groups excluding carboxylic acids is 2. The first-order chi connectivity index (χ1) is 36.8. The van der Waals surface area contributed by atoms with E-state index in [1.165, 1.54) is 13.8 Å². The number of carboxylic acids is 1. The highest BCUT2D eigenvalue weighted by Crippen LogP contribution is 2.76. The lowest BCUT2D eigenvalue weighted by Crippen LogP contribution is -2.71. The average molecular weight is 1130 g/mol. The zero-order valence-corrected chi connectivity index (χ0v) is 45.9. The van der Waals surface area contributed by atoms with Gasteiger partial charge in [0.15, 0.2) is 31.1 Å². The van der Waals surface area contributed by atoms with Crippen LogP contribution < -0.4 is 0 Å². The topological polar surface area (TPSA) is 397 Å². The normalized spacial score (nSPS) is 53.4. The molecule has 0 aromatic rings. The van der Waals surface area contributed by atoms with Gasteiger partial charge >= 0.3 is 17.9 Å². The monoisotopic (exact) mass is 1130 g/mol. The molecule has 0 spiro atoms. The number of esters is 2. The number of aliphatic carboxylic acids is 1. The fourth-order valence-corrected chi connectivity index (χ4v) is 16.4. The van der Waals surface area contributed by atoms with Crippen LogP contribution in [0.4, 0.5) is 0 Å². The van der Waals surface area contributed by atoms with Crippen molar-refractivity contribution in [1.29, 1.82) is 0 Å². The summed E-state index contributed by atoms with van der Waals surface area (Å²) in [5.41, 5.74) is -5.20. The number of carboxylic acid groups (broad SMARTS) is 1. The van der Waals surface area contributed by atoms with Gasteiger partial charge in [0.1, 0.15) is 78.7 Å². The molecule has 9 aliphatic rings. The minimum atomic E-state index is -1.92. The number of rotatable bonds is 11. The molecule has 0 radical (unpaired) electrons. The van der Waals surface area contributed by atoms with Crippen molar-refractivity contribution in [3.05, 3.63) is 11.6 Å². The van der Waals surface area contributed by atoms with Gasteiger partial charge < -0.3 is 109 Å². The zero-order chi connectivity index (χ0) is 58.0. The minimum absolute atomic E-state index is 0.0537. The SMILES string of the molecule is CC(=O)OC1C(C)OC(OC2C(OC(=O)C34CCC(C)(C)CC3C3=CCC5C6(C)CC(O)C(OC7OC(CO)C(O)C(O)C7O)C(C)(C(=O)O)C6CCC5(C)C3(C)CC4O)OCC(O)C2O)C(O)C1OC1OCC(O)C(O)C1O. The number of fused-ring (bicyclic) bond motifs is 7. The molecule has 79 heavy (non-hydrogen) atoms. The molecule has 5 aliphatic carbocycles. The lowest BCUT2D eigenvalue weighted by molar-refractivity contribution is -0.371. The van der Waals surface area contributed by atoms with Gasteiger partial charge in [-0.15, -0.1) is 0 Å². The second kappa shape index (κ2) is 21.8. The molecule has 29 atom stereocenters. The lowest BCUT2D eigenvalue weighted by atomic mass is 9.33. The Morgan fingerprint density at radius 1 is 0.633 bits per heavy atom. The van der Waals surface area contributed by atoms with E-state index in [1.54, 1.807) is 0 Å². The molecule has 4 heterocycles. The van der Waals surface area contributed by atoms with Gasteiger partial charge in [-0.3, -0.25) is 14.4 Å². The van der Waals surface area contributed by atoms with E-state index < -0.39 is 206 Å². The number of allylic oxidation sites excluding steroid dienone is 2. The van der Waals surface area contributed by atoms with E-state index in [4.69, 9.17) is 42.6 Å². The molecular weight excluding hydrogens is 1050 g/mol. The first-order valence-electron chi connectivity index (χ1n) is 27.7. The molecule has 0 aromatic heterocycles. The number of aliphatic hydroxyl groups excluding tert-OH is 12. The second-order valence-electron chi connectivity index (χ2n) is 26.0. The van der Waals surface area contributed by atoms with Gasteiger partial charge in [-0.1, -0.05) is 46.3 Å². The second-order valence-corrected chi connectivity index (χ2v) is 26.0. The Bertz CT molecular complexity index is 2290. The lowest BCUT2D eigenvalue weighted by Gasteiger charge is -2.71. The molecule has 9 rings (SSSR count). The first-order valence-corrected chi connectivity index (χ1v) is 27.7. The third-order valence-corrected chi connectivity index (χ3v) is 21.0. The van der Waals surface area contributed by atoms with Crippen LogP contribution in [-0.2, 0) is 57.0 Å². The van der Waals surface area contributed by atoms with E-state index in [0.29, 0.717) is 32.1 Å². The van der Waals surface area contributed by atoms with Crippen molar-refractivity contribution in [3.8, 4) is 0 Å². The molecule has 25 nitrogen and oxygen atoms in total. The highest BCUT2D eigenvalue weighted by molar-refractivity contribution is 5.80. The van der Waals surface area contributed by atoms with Crippen molar-refractivity contribution >= 4 is 17.9 Å². The summed E-state index contributed by atoms with van der Waals surface area (Å²) in [4.78, 5) is 41.4. The van der Waals surface area contributed by atoms with Crippen molar-refractivity contribution in [3.63, 3.8) is 0 Å². The molecule has 0 amide bonds. The van der Waals surface area contributed by atoms with E-state index in [2.05, 4.69) is 33.8 Å². The molecule has 4 saturated carbocycles. The van der Waals surface area contributed by atoms with Gasteiger partial charge in [-0.05, 0) is 105 Å². The maximum atomic E-state index is 15.4. The summed E-state index contributed by atoms with van der Waals surface area (Å²) < 4.78 is 52.9. The molecular formula is C54H84O25. The van der Waals surface area contributed by atoms with E-state index >= 15 is 4.79 Å². The van der Waals surface area contributed by atoms with Crippen LogP contribution in [0.25, 0.3) is 0 Å². The van der Waals surface area contributed by atoms with Crippen molar-refractivity contribution in [2.75, 3.05) is 19.8 Å². The Morgan fingerprint density at radius 3 is 1.90 bits per heavy atom. The third-order valence-electron chi connectivity index (χ3n) is 21.0. The Labute approximate surface area is 457 Å². The van der Waals surface area contributed by atoms with Crippen LogP contribution in [0.15, 0.2) is 11.6 Å². The number of carbonyl (C=O) groups is 3. The smallest absolute Gasteiger partial charge is 0.317 e. The van der Waals surface area contributed by atoms with Gasteiger partial charge in [-0.25, -0.2) is 0 Å². The van der Waals surface area contributed by atoms with Crippen LogP contribution in [0, 0.1) is 50.2 Å². The predicted molar refractivity (Wildman–Crippen MR) is 264 cm³/mol. The molecule has 0 aromatic carbocycles. The Hall–Kier alpha value is -2.61. The van der Waals surface area contributed by atoms with Crippen molar-refractivity contribution in [2.24, 2.45) is 50.2 Å². The van der Waals surface area contributed by atoms with E-state index in [0.717, 1.165) is 12.5 Å². The predicted octanol–water partition coefficient (Wildman–Crippen LogP) is -2.15. The standard InChI is InChI=1S/C54H84O25/c1-21-39(74-22(2)56)40(76-43-36(65)32(61)26(58)19-71-43)38(67)45(73-21)77-41-33(62)27(59)20-72-46(41)79-48(70)54-14-13-49(3,4)15-24(54)23-9-10-29-50(5)16-25(57)42(78-44-37(66)35(64)34(63)28(18-55)75-44)53(8,47(68)69)30(50)11-12-51(29,6)52(23,7)17-31(54)60/h9,21,24-46,55,57-67H,10-20H2,1-8H3,(H,68,69). The zero-order valence-electron chi connectivity index (χ0n) is 45.9.